The second-order valence-corrected chi connectivity index (χ2v) is 7.35. The Morgan fingerprint density at radius 3 is 2.50 bits per heavy atom. The maximum Gasteiger partial charge on any atom is 0.270 e. The number of para-hydroxylation sites is 1. The van der Waals surface area contributed by atoms with Gasteiger partial charge >= 0.3 is 0 Å². The largest absolute Gasteiger partial charge is 0.270 e. The van der Waals surface area contributed by atoms with Crippen LogP contribution in [0.25, 0.3) is 6.08 Å². The minimum Gasteiger partial charge on any atom is -0.268 e. The minimum absolute atomic E-state index is 0.140. The fourth-order valence-electron chi connectivity index (χ4n) is 2.37. The van der Waals surface area contributed by atoms with E-state index in [0.717, 1.165) is 11.1 Å². The van der Waals surface area contributed by atoms with E-state index in [1.165, 1.54) is 16.7 Å². The summed E-state index contributed by atoms with van der Waals surface area (Å²) in [7, 11) is 0. The molecule has 24 heavy (non-hydrogen) atoms. The van der Waals surface area contributed by atoms with E-state index in [-0.39, 0.29) is 5.91 Å². The van der Waals surface area contributed by atoms with E-state index in [2.05, 4.69) is 0 Å². The number of halogens is 1. The van der Waals surface area contributed by atoms with Crippen LogP contribution in [0.15, 0.2) is 71.2 Å². The van der Waals surface area contributed by atoms with E-state index in [1.807, 2.05) is 61.5 Å². The zero-order valence-electron chi connectivity index (χ0n) is 12.9. The van der Waals surface area contributed by atoms with Gasteiger partial charge in [-0.3, -0.25) is 9.69 Å². The number of rotatable bonds is 3. The predicted molar refractivity (Wildman–Crippen MR) is 107 cm³/mol. The second-order valence-electron chi connectivity index (χ2n) is 5.27. The Hall–Kier alpha value is -1.88. The van der Waals surface area contributed by atoms with Crippen LogP contribution >= 0.6 is 35.6 Å². The highest BCUT2D eigenvalue weighted by Crippen LogP contribution is 2.38. The molecule has 0 radical (unpaired) electrons. The van der Waals surface area contributed by atoms with Gasteiger partial charge in [0.2, 0.25) is 0 Å². The van der Waals surface area contributed by atoms with Gasteiger partial charge in [0.15, 0.2) is 4.32 Å². The maximum atomic E-state index is 12.7. The first-order valence-electron chi connectivity index (χ1n) is 7.32. The Balaban J connectivity index is 1.89. The fourth-order valence-corrected chi connectivity index (χ4v) is 3.92. The maximum absolute atomic E-state index is 12.7. The molecule has 3 rings (SSSR count). The van der Waals surface area contributed by atoms with Crippen molar-refractivity contribution in [2.45, 2.75) is 6.92 Å². The monoisotopic (exact) mass is 371 g/mol. The van der Waals surface area contributed by atoms with Gasteiger partial charge in [0.1, 0.15) is 0 Å². The molecule has 120 valence electrons. The van der Waals surface area contributed by atoms with Gasteiger partial charge in [-0.1, -0.05) is 84.1 Å². The lowest BCUT2D eigenvalue weighted by molar-refractivity contribution is -0.113. The van der Waals surface area contributed by atoms with Gasteiger partial charge in [0, 0.05) is 0 Å². The van der Waals surface area contributed by atoms with Crippen LogP contribution in [0.3, 0.4) is 0 Å². The van der Waals surface area contributed by atoms with Crippen LogP contribution < -0.4 is 4.90 Å². The quantitative estimate of drug-likeness (QED) is 0.510. The van der Waals surface area contributed by atoms with Gasteiger partial charge < -0.3 is 0 Å². The zero-order chi connectivity index (χ0) is 17.1. The van der Waals surface area contributed by atoms with Crippen molar-refractivity contribution in [3.05, 3.63) is 81.7 Å². The molecule has 1 saturated heterocycles. The molecule has 0 unspecified atom stereocenters. The molecule has 0 spiro atoms. The number of carbonyl (C=O) groups is 1. The molecule has 0 saturated carbocycles. The number of nitrogens with zero attached hydrogens (tertiary/aromatic N) is 1. The SMILES string of the molecule is CC(=Cc1ccccc1)C=C1SC(=S)N(c2ccccc2Cl)C1=O. The summed E-state index contributed by atoms with van der Waals surface area (Å²) in [4.78, 5) is 14.8. The van der Waals surface area contributed by atoms with Gasteiger partial charge in [-0.25, -0.2) is 0 Å². The van der Waals surface area contributed by atoms with E-state index in [9.17, 15) is 4.79 Å². The number of benzene rings is 2. The third-order valence-electron chi connectivity index (χ3n) is 3.44. The molecule has 1 aliphatic rings. The van der Waals surface area contributed by atoms with Gasteiger partial charge in [-0.15, -0.1) is 0 Å². The number of thioether (sulfide) groups is 1. The van der Waals surface area contributed by atoms with Crippen LogP contribution in [-0.4, -0.2) is 10.2 Å². The number of amides is 1. The number of anilines is 1. The van der Waals surface area contributed by atoms with Crippen LogP contribution in [-0.2, 0) is 4.79 Å². The molecule has 1 amide bonds. The van der Waals surface area contributed by atoms with Gasteiger partial charge in [-0.2, -0.15) is 0 Å². The van der Waals surface area contributed by atoms with Crippen molar-refractivity contribution < 1.29 is 4.79 Å². The Morgan fingerprint density at radius 1 is 1.12 bits per heavy atom. The molecule has 0 N–H and O–H groups in total. The second kappa shape index (κ2) is 7.34. The standard InChI is InChI=1S/C19H14ClNOS2/c1-13(11-14-7-3-2-4-8-14)12-17-18(22)21(19(23)24-17)16-10-6-5-9-15(16)20/h2-12H,1H3. The molecule has 1 aliphatic heterocycles. The van der Waals surface area contributed by atoms with E-state index in [0.29, 0.717) is 19.9 Å². The summed E-state index contributed by atoms with van der Waals surface area (Å²) in [5.74, 6) is -0.140. The highest BCUT2D eigenvalue weighted by Gasteiger charge is 2.34. The molecule has 0 aromatic heterocycles. The van der Waals surface area contributed by atoms with Crippen molar-refractivity contribution in [3.63, 3.8) is 0 Å². The summed E-state index contributed by atoms with van der Waals surface area (Å²) in [6.45, 7) is 1.97. The fraction of sp³-hybridized carbons (Fsp3) is 0.0526. The summed E-state index contributed by atoms with van der Waals surface area (Å²) in [5.41, 5.74) is 2.70. The van der Waals surface area contributed by atoms with E-state index < -0.39 is 0 Å². The van der Waals surface area contributed by atoms with Crippen molar-refractivity contribution in [2.24, 2.45) is 0 Å². The molecule has 1 heterocycles. The van der Waals surface area contributed by atoms with Crippen molar-refractivity contribution in [2.75, 3.05) is 4.90 Å². The van der Waals surface area contributed by atoms with Crippen LogP contribution in [0.5, 0.6) is 0 Å². The lowest BCUT2D eigenvalue weighted by atomic mass is 10.1. The summed E-state index contributed by atoms with van der Waals surface area (Å²) >= 11 is 12.9. The summed E-state index contributed by atoms with van der Waals surface area (Å²) in [5, 5.41) is 0.506. The molecule has 5 heteroatoms. The molecule has 0 aliphatic carbocycles. The van der Waals surface area contributed by atoms with E-state index in [1.54, 1.807) is 12.1 Å². The van der Waals surface area contributed by atoms with Gasteiger partial charge in [-0.05, 0) is 36.3 Å². The molecule has 2 aromatic carbocycles. The van der Waals surface area contributed by atoms with Crippen LogP contribution in [0.1, 0.15) is 12.5 Å². The van der Waals surface area contributed by atoms with Gasteiger partial charge in [0.25, 0.3) is 5.91 Å². The molecule has 2 nitrogen and oxygen atoms in total. The smallest absolute Gasteiger partial charge is 0.268 e. The lowest BCUT2D eigenvalue weighted by Crippen LogP contribution is -2.27. The Labute approximate surface area is 155 Å². The number of hydrogen-bond donors (Lipinski definition) is 0. The van der Waals surface area contributed by atoms with Crippen molar-refractivity contribution >= 4 is 57.6 Å². The molecule has 0 bridgehead atoms. The third-order valence-corrected chi connectivity index (χ3v) is 5.06. The third kappa shape index (κ3) is 3.61. The average Bonchev–Trinajstić information content (AvgIpc) is 2.83. The average molecular weight is 372 g/mol. The molecular formula is C19H14ClNOS2. The predicted octanol–water partition coefficient (Wildman–Crippen LogP) is 5.69. The summed E-state index contributed by atoms with van der Waals surface area (Å²) in [6, 6.07) is 17.2. The van der Waals surface area contributed by atoms with Crippen LogP contribution in [0.2, 0.25) is 5.02 Å². The number of allylic oxidation sites excluding steroid dienone is 2. The number of thiocarbonyl (C=S) groups is 1. The van der Waals surface area contributed by atoms with E-state index >= 15 is 0 Å². The Bertz CT molecular complexity index is 859. The van der Waals surface area contributed by atoms with Crippen molar-refractivity contribution in [1.29, 1.82) is 0 Å². The van der Waals surface area contributed by atoms with Crippen molar-refractivity contribution in [3.8, 4) is 0 Å². The highest BCUT2D eigenvalue weighted by molar-refractivity contribution is 8.27. The normalized spacial score (nSPS) is 17.0. The molecular weight excluding hydrogens is 358 g/mol. The first kappa shape index (κ1) is 17.0. The van der Waals surface area contributed by atoms with E-state index in [4.69, 9.17) is 23.8 Å². The highest BCUT2D eigenvalue weighted by atomic mass is 35.5. The summed E-state index contributed by atoms with van der Waals surface area (Å²) in [6.07, 6.45) is 3.89. The summed E-state index contributed by atoms with van der Waals surface area (Å²) < 4.78 is 0.492. The molecule has 2 aromatic rings. The first-order chi connectivity index (χ1) is 11.6. The number of hydrogen-bond acceptors (Lipinski definition) is 3. The first-order valence-corrected chi connectivity index (χ1v) is 8.92. The molecule has 0 atom stereocenters. The van der Waals surface area contributed by atoms with Crippen molar-refractivity contribution in [1.82, 2.24) is 0 Å². The van der Waals surface area contributed by atoms with Gasteiger partial charge in [0.05, 0.1) is 15.6 Å². The lowest BCUT2D eigenvalue weighted by Gasteiger charge is -2.15. The van der Waals surface area contributed by atoms with Crippen LogP contribution in [0, 0.1) is 0 Å². The Kier molecular flexibility index (Phi) is 5.19. The molecule has 1 fully saturated rings. The number of carbonyl (C=O) groups excluding carboxylic acids is 1. The minimum atomic E-state index is -0.140. The Morgan fingerprint density at radius 2 is 1.79 bits per heavy atom. The van der Waals surface area contributed by atoms with Crippen LogP contribution in [0.4, 0.5) is 5.69 Å². The topological polar surface area (TPSA) is 20.3 Å². The zero-order valence-corrected chi connectivity index (χ0v) is 15.3.